The standard InChI is InChI=1S/C24H36O5/c1-5-21(2,3)20(26)29-24-12-15-8-16(13-24)11-23(10-15,14-24)28-19(25)17-6-7-22(4)18(9-17)27-22/h15-18H,5-14H2,1-4H3. The van der Waals surface area contributed by atoms with Crippen molar-refractivity contribution in [2.45, 2.75) is 115 Å². The lowest BCUT2D eigenvalue weighted by atomic mass is 9.52. The van der Waals surface area contributed by atoms with Crippen molar-refractivity contribution in [3.05, 3.63) is 0 Å². The molecule has 0 aromatic rings. The maximum atomic E-state index is 13.1. The number of ether oxygens (including phenoxy) is 3. The molecule has 0 radical (unpaired) electrons. The van der Waals surface area contributed by atoms with Gasteiger partial charge in [0.2, 0.25) is 0 Å². The van der Waals surface area contributed by atoms with Gasteiger partial charge in [-0.05, 0) is 90.4 Å². The summed E-state index contributed by atoms with van der Waals surface area (Å²) in [6.07, 6.45) is 9.23. The van der Waals surface area contributed by atoms with Crippen LogP contribution in [0.4, 0.5) is 0 Å². The van der Waals surface area contributed by atoms with E-state index in [0.717, 1.165) is 51.4 Å². The Balaban J connectivity index is 1.30. The first kappa shape index (κ1) is 19.8. The summed E-state index contributed by atoms with van der Waals surface area (Å²) in [4.78, 5) is 26.0. The number of fused-ring (bicyclic) bond motifs is 1. The molecule has 0 N–H and O–H groups in total. The molecule has 1 saturated heterocycles. The van der Waals surface area contributed by atoms with Crippen molar-refractivity contribution in [2.24, 2.45) is 23.2 Å². The van der Waals surface area contributed by atoms with E-state index in [0.29, 0.717) is 18.3 Å². The van der Waals surface area contributed by atoms with Crippen molar-refractivity contribution in [1.29, 1.82) is 0 Å². The summed E-state index contributed by atoms with van der Waals surface area (Å²) in [5.41, 5.74) is -1.31. The first-order valence-electron chi connectivity index (χ1n) is 11.7. The summed E-state index contributed by atoms with van der Waals surface area (Å²) < 4.78 is 18.3. The molecule has 5 unspecified atom stereocenters. The number of hydrogen-bond donors (Lipinski definition) is 0. The molecule has 0 amide bonds. The van der Waals surface area contributed by atoms with Gasteiger partial charge in [0.1, 0.15) is 11.2 Å². The fraction of sp³-hybridized carbons (Fsp3) is 0.917. The lowest BCUT2D eigenvalue weighted by Crippen LogP contribution is -2.62. The van der Waals surface area contributed by atoms with E-state index in [2.05, 4.69) is 6.92 Å². The van der Waals surface area contributed by atoms with Crippen molar-refractivity contribution in [3.63, 3.8) is 0 Å². The largest absolute Gasteiger partial charge is 0.459 e. The highest BCUT2D eigenvalue weighted by Gasteiger charge is 2.63. The highest BCUT2D eigenvalue weighted by atomic mass is 16.6. The minimum atomic E-state index is -0.466. The molecule has 0 aromatic carbocycles. The Kier molecular flexibility index (Phi) is 4.25. The molecule has 5 heteroatoms. The minimum Gasteiger partial charge on any atom is -0.459 e. The monoisotopic (exact) mass is 404 g/mol. The Morgan fingerprint density at radius 2 is 1.66 bits per heavy atom. The van der Waals surface area contributed by atoms with Crippen LogP contribution in [0.5, 0.6) is 0 Å². The van der Waals surface area contributed by atoms with Gasteiger partial charge in [-0.15, -0.1) is 0 Å². The van der Waals surface area contributed by atoms with Crippen molar-refractivity contribution < 1.29 is 23.8 Å². The van der Waals surface area contributed by atoms with Gasteiger partial charge in [-0.25, -0.2) is 0 Å². The summed E-state index contributed by atoms with van der Waals surface area (Å²) in [5, 5.41) is 0. The third-order valence-corrected chi connectivity index (χ3v) is 8.87. The molecule has 6 fully saturated rings. The van der Waals surface area contributed by atoms with E-state index in [1.807, 2.05) is 20.8 Å². The van der Waals surface area contributed by atoms with Crippen LogP contribution >= 0.6 is 0 Å². The molecule has 1 heterocycles. The van der Waals surface area contributed by atoms with Crippen molar-refractivity contribution in [2.75, 3.05) is 0 Å². The zero-order valence-electron chi connectivity index (χ0n) is 18.4. The molecule has 0 aromatic heterocycles. The van der Waals surface area contributed by atoms with E-state index >= 15 is 0 Å². The molecule has 5 aliphatic carbocycles. The van der Waals surface area contributed by atoms with E-state index in [1.54, 1.807) is 0 Å². The third-order valence-electron chi connectivity index (χ3n) is 8.87. The quantitative estimate of drug-likeness (QED) is 0.496. The average Bonchev–Trinajstić information content (AvgIpc) is 3.30. The second kappa shape index (κ2) is 6.21. The maximum absolute atomic E-state index is 13.1. The van der Waals surface area contributed by atoms with Gasteiger partial charge in [-0.1, -0.05) is 6.92 Å². The molecule has 5 atom stereocenters. The Morgan fingerprint density at radius 3 is 2.24 bits per heavy atom. The van der Waals surface area contributed by atoms with Gasteiger partial charge < -0.3 is 14.2 Å². The van der Waals surface area contributed by atoms with Gasteiger partial charge in [0, 0.05) is 6.42 Å². The summed E-state index contributed by atoms with van der Waals surface area (Å²) in [6.45, 7) is 8.10. The van der Waals surface area contributed by atoms with Crippen LogP contribution in [0.2, 0.25) is 0 Å². The molecule has 162 valence electrons. The molecular formula is C24H36O5. The minimum absolute atomic E-state index is 0.0157. The number of hydrogen-bond acceptors (Lipinski definition) is 5. The lowest BCUT2D eigenvalue weighted by molar-refractivity contribution is -0.237. The van der Waals surface area contributed by atoms with Gasteiger partial charge in [0.05, 0.1) is 23.0 Å². The second-order valence-corrected chi connectivity index (χ2v) is 11.8. The molecule has 5 nitrogen and oxygen atoms in total. The van der Waals surface area contributed by atoms with Crippen molar-refractivity contribution in [3.8, 4) is 0 Å². The van der Waals surface area contributed by atoms with Crippen LogP contribution in [0, 0.1) is 23.2 Å². The Hall–Kier alpha value is -1.10. The number of carbonyl (C=O) groups is 2. The van der Waals surface area contributed by atoms with Gasteiger partial charge >= 0.3 is 11.9 Å². The van der Waals surface area contributed by atoms with Crippen LogP contribution in [0.1, 0.15) is 91.9 Å². The van der Waals surface area contributed by atoms with Crippen LogP contribution in [0.15, 0.2) is 0 Å². The number of rotatable bonds is 5. The average molecular weight is 405 g/mol. The Morgan fingerprint density at radius 1 is 1.03 bits per heavy atom. The van der Waals surface area contributed by atoms with E-state index in [4.69, 9.17) is 14.2 Å². The van der Waals surface area contributed by atoms with Crippen LogP contribution in [0.3, 0.4) is 0 Å². The van der Waals surface area contributed by atoms with Gasteiger partial charge in [0.15, 0.2) is 0 Å². The molecule has 5 saturated carbocycles. The summed E-state index contributed by atoms with van der Waals surface area (Å²) in [6, 6.07) is 0. The Bertz CT molecular complexity index is 713. The van der Waals surface area contributed by atoms with Crippen molar-refractivity contribution >= 4 is 11.9 Å². The van der Waals surface area contributed by atoms with Crippen LogP contribution in [0.25, 0.3) is 0 Å². The zero-order valence-corrected chi connectivity index (χ0v) is 18.4. The number of carbonyl (C=O) groups excluding carboxylic acids is 2. The number of esters is 2. The highest BCUT2D eigenvalue weighted by Crippen LogP contribution is 2.61. The number of epoxide rings is 1. The zero-order chi connectivity index (χ0) is 20.7. The lowest BCUT2D eigenvalue weighted by Gasteiger charge is -2.60. The van der Waals surface area contributed by atoms with Crippen LogP contribution in [-0.2, 0) is 23.8 Å². The van der Waals surface area contributed by atoms with E-state index in [9.17, 15) is 9.59 Å². The molecule has 0 spiro atoms. The molecule has 29 heavy (non-hydrogen) atoms. The summed E-state index contributed by atoms with van der Waals surface area (Å²) >= 11 is 0. The van der Waals surface area contributed by atoms with Crippen molar-refractivity contribution in [1.82, 2.24) is 0 Å². The maximum Gasteiger partial charge on any atom is 0.312 e. The predicted molar refractivity (Wildman–Crippen MR) is 107 cm³/mol. The third kappa shape index (κ3) is 3.32. The highest BCUT2D eigenvalue weighted by molar-refractivity contribution is 5.76. The van der Waals surface area contributed by atoms with E-state index in [-0.39, 0.29) is 29.6 Å². The molecule has 6 rings (SSSR count). The summed E-state index contributed by atoms with van der Waals surface area (Å²) in [7, 11) is 0. The topological polar surface area (TPSA) is 65.1 Å². The normalized spacial score (nSPS) is 47.4. The SMILES string of the molecule is CCC(C)(C)C(=O)OC12CC3CC(CC(OC(=O)C4CCC5(C)OC5C4)(C3)C1)C2. The fourth-order valence-electron chi connectivity index (χ4n) is 6.97. The van der Waals surface area contributed by atoms with Crippen LogP contribution in [-0.4, -0.2) is 34.8 Å². The molecule has 6 aliphatic rings. The van der Waals surface area contributed by atoms with E-state index in [1.165, 1.54) is 6.42 Å². The first-order valence-corrected chi connectivity index (χ1v) is 11.7. The smallest absolute Gasteiger partial charge is 0.312 e. The van der Waals surface area contributed by atoms with Gasteiger partial charge in [-0.3, -0.25) is 9.59 Å². The van der Waals surface area contributed by atoms with Gasteiger partial charge in [0.25, 0.3) is 0 Å². The molecular weight excluding hydrogens is 368 g/mol. The molecule has 4 bridgehead atoms. The Labute approximate surface area is 174 Å². The van der Waals surface area contributed by atoms with E-state index < -0.39 is 16.6 Å². The summed E-state index contributed by atoms with van der Waals surface area (Å²) in [5.74, 6) is 0.827. The van der Waals surface area contributed by atoms with Gasteiger partial charge in [-0.2, -0.15) is 0 Å². The molecule has 1 aliphatic heterocycles. The second-order valence-electron chi connectivity index (χ2n) is 11.8. The van der Waals surface area contributed by atoms with Crippen LogP contribution < -0.4 is 0 Å². The fourth-order valence-corrected chi connectivity index (χ4v) is 6.97. The predicted octanol–water partition coefficient (Wildman–Crippen LogP) is 4.56. The first-order chi connectivity index (χ1) is 13.6.